The summed E-state index contributed by atoms with van der Waals surface area (Å²) in [6.07, 6.45) is 0. The molecule has 19 heavy (non-hydrogen) atoms. The molecule has 0 aliphatic rings. The molecule has 1 amide bonds. The number of Topliss-reactive ketones (excluding diaryl/α,β-unsaturated/α-hetero) is 1. The Bertz CT molecular complexity index is 532. The van der Waals surface area contributed by atoms with Gasteiger partial charge in [0.2, 0.25) is 5.91 Å². The van der Waals surface area contributed by atoms with Crippen molar-refractivity contribution >= 4 is 22.5 Å². The van der Waals surface area contributed by atoms with Crippen molar-refractivity contribution in [3.05, 3.63) is 35.4 Å². The smallest absolute Gasteiger partial charge is 0.234 e. The van der Waals surface area contributed by atoms with Crippen LogP contribution in [0.4, 0.5) is 8.78 Å². The molecule has 0 fully saturated rings. The summed E-state index contributed by atoms with van der Waals surface area (Å²) in [4.78, 5) is 24.2. The summed E-state index contributed by atoms with van der Waals surface area (Å²) in [6, 6.07) is 2.47. The number of carbonyl (C=O) groups is 2. The molecule has 0 saturated carbocycles. The molecule has 0 radical (unpaired) electrons. The minimum atomic E-state index is -1.75. The predicted octanol–water partition coefficient (Wildman–Crippen LogP) is 0.984. The van der Waals surface area contributed by atoms with Crippen LogP contribution in [0.2, 0.25) is 0 Å². The van der Waals surface area contributed by atoms with Gasteiger partial charge in [0, 0.05) is 24.9 Å². The molecule has 1 rings (SSSR count). The van der Waals surface area contributed by atoms with E-state index >= 15 is 0 Å². The van der Waals surface area contributed by atoms with E-state index in [1.165, 1.54) is 19.0 Å². The number of carbonyl (C=O) groups excluding carboxylic acids is 2. The van der Waals surface area contributed by atoms with Crippen molar-refractivity contribution < 1.29 is 22.6 Å². The van der Waals surface area contributed by atoms with E-state index in [2.05, 4.69) is 0 Å². The highest BCUT2D eigenvalue weighted by molar-refractivity contribution is 7.86. The fourth-order valence-corrected chi connectivity index (χ4v) is 2.34. The molecule has 1 aromatic carbocycles. The first-order chi connectivity index (χ1) is 8.81. The molecule has 0 aromatic heterocycles. The van der Waals surface area contributed by atoms with E-state index in [1.807, 2.05) is 0 Å². The molecule has 0 N–H and O–H groups in total. The first-order valence-electron chi connectivity index (χ1n) is 5.34. The highest BCUT2D eigenvalue weighted by Gasteiger charge is 2.18. The summed E-state index contributed by atoms with van der Waals surface area (Å²) < 4.78 is 37.8. The van der Waals surface area contributed by atoms with Gasteiger partial charge in [0.05, 0.1) is 11.3 Å². The maximum atomic E-state index is 13.3. The minimum Gasteiger partial charge on any atom is -0.348 e. The Balaban J connectivity index is 2.72. The van der Waals surface area contributed by atoms with Gasteiger partial charge in [-0.15, -0.1) is 0 Å². The Morgan fingerprint density at radius 2 is 1.84 bits per heavy atom. The summed E-state index contributed by atoms with van der Waals surface area (Å²) in [7, 11) is 1.24. The second kappa shape index (κ2) is 6.51. The summed E-state index contributed by atoms with van der Waals surface area (Å²) in [5.74, 6) is -3.65. The minimum absolute atomic E-state index is 0.324. The summed E-state index contributed by atoms with van der Waals surface area (Å²) in [5.41, 5.74) is -0.453. The molecule has 0 spiro atoms. The number of halogens is 2. The highest BCUT2D eigenvalue weighted by Crippen LogP contribution is 2.11. The van der Waals surface area contributed by atoms with E-state index in [0.717, 1.165) is 18.2 Å². The molecule has 0 heterocycles. The molecular formula is C12H13F2NO3S. The van der Waals surface area contributed by atoms with Gasteiger partial charge in [-0.2, -0.15) is 0 Å². The zero-order chi connectivity index (χ0) is 14.6. The molecule has 1 aromatic rings. The maximum Gasteiger partial charge on any atom is 0.234 e. The van der Waals surface area contributed by atoms with Crippen molar-refractivity contribution in [2.45, 2.75) is 0 Å². The van der Waals surface area contributed by atoms with Crippen molar-refractivity contribution in [1.82, 2.24) is 4.90 Å². The molecule has 7 heteroatoms. The molecule has 0 aliphatic heterocycles. The van der Waals surface area contributed by atoms with Crippen LogP contribution in [0.1, 0.15) is 10.4 Å². The first-order valence-corrected chi connectivity index (χ1v) is 6.83. The van der Waals surface area contributed by atoms with Gasteiger partial charge in [-0.05, 0) is 18.2 Å². The summed E-state index contributed by atoms with van der Waals surface area (Å²) in [5, 5.41) is 0. The van der Waals surface area contributed by atoms with Gasteiger partial charge in [0.15, 0.2) is 5.78 Å². The van der Waals surface area contributed by atoms with Gasteiger partial charge >= 0.3 is 0 Å². The Hall–Kier alpha value is -1.63. The van der Waals surface area contributed by atoms with Crippen molar-refractivity contribution in [3.8, 4) is 0 Å². The van der Waals surface area contributed by atoms with E-state index in [1.54, 1.807) is 0 Å². The lowest BCUT2D eigenvalue weighted by molar-refractivity contribution is -0.125. The monoisotopic (exact) mass is 289 g/mol. The fraction of sp³-hybridized carbons (Fsp3) is 0.333. The van der Waals surface area contributed by atoms with E-state index in [9.17, 15) is 22.6 Å². The standard InChI is InChI=1S/C12H13F2NO3S/c1-15(2)12(17)7-19(18)6-11(16)9-5-8(13)3-4-10(9)14/h3-5H,6-7H2,1-2H3. The largest absolute Gasteiger partial charge is 0.348 e. The third-order valence-corrected chi connectivity index (χ3v) is 3.46. The molecule has 104 valence electrons. The zero-order valence-electron chi connectivity index (χ0n) is 10.5. The van der Waals surface area contributed by atoms with Gasteiger partial charge < -0.3 is 4.90 Å². The fourth-order valence-electron chi connectivity index (χ4n) is 1.25. The van der Waals surface area contributed by atoms with E-state index < -0.39 is 45.4 Å². The second-order valence-corrected chi connectivity index (χ2v) is 5.52. The molecule has 1 unspecified atom stereocenters. The molecule has 0 saturated heterocycles. The topological polar surface area (TPSA) is 54.5 Å². The van der Waals surface area contributed by atoms with Crippen molar-refractivity contribution in [2.24, 2.45) is 0 Å². The third-order valence-electron chi connectivity index (χ3n) is 2.30. The first kappa shape index (κ1) is 15.4. The van der Waals surface area contributed by atoms with Gasteiger partial charge in [-0.25, -0.2) is 8.78 Å². The van der Waals surface area contributed by atoms with E-state index in [0.29, 0.717) is 0 Å². The number of amides is 1. The van der Waals surface area contributed by atoms with Crippen molar-refractivity contribution in [3.63, 3.8) is 0 Å². The van der Waals surface area contributed by atoms with Crippen LogP contribution in [-0.2, 0) is 15.6 Å². The van der Waals surface area contributed by atoms with E-state index in [4.69, 9.17) is 0 Å². The van der Waals surface area contributed by atoms with Gasteiger partial charge in [-0.3, -0.25) is 13.8 Å². The number of ketones is 1. The molecule has 4 nitrogen and oxygen atoms in total. The van der Waals surface area contributed by atoms with Crippen LogP contribution in [0.25, 0.3) is 0 Å². The highest BCUT2D eigenvalue weighted by atomic mass is 32.2. The van der Waals surface area contributed by atoms with Gasteiger partial charge in [0.1, 0.15) is 17.4 Å². The lowest BCUT2D eigenvalue weighted by atomic mass is 10.1. The van der Waals surface area contributed by atoms with Crippen LogP contribution < -0.4 is 0 Å². The van der Waals surface area contributed by atoms with E-state index in [-0.39, 0.29) is 5.75 Å². The quantitative estimate of drug-likeness (QED) is 0.759. The van der Waals surface area contributed by atoms with Crippen LogP contribution in [0.15, 0.2) is 18.2 Å². The Kier molecular flexibility index (Phi) is 5.29. The Labute approximate surface area is 111 Å². The zero-order valence-corrected chi connectivity index (χ0v) is 11.3. The molecule has 0 bridgehead atoms. The second-order valence-electron chi connectivity index (χ2n) is 4.06. The SMILES string of the molecule is CN(C)C(=O)CS(=O)CC(=O)c1cc(F)ccc1F. The number of hydrogen-bond donors (Lipinski definition) is 0. The van der Waals surface area contributed by atoms with Crippen LogP contribution in [-0.4, -0.2) is 46.4 Å². The summed E-state index contributed by atoms with van der Waals surface area (Å²) >= 11 is 0. The number of rotatable bonds is 5. The average molecular weight is 289 g/mol. The third kappa shape index (κ3) is 4.51. The van der Waals surface area contributed by atoms with Crippen molar-refractivity contribution in [2.75, 3.05) is 25.6 Å². The Morgan fingerprint density at radius 3 is 2.42 bits per heavy atom. The van der Waals surface area contributed by atoms with Crippen LogP contribution in [0.5, 0.6) is 0 Å². The molecule has 1 atom stereocenters. The normalized spacial score (nSPS) is 12.0. The lowest BCUT2D eigenvalue weighted by Gasteiger charge is -2.09. The van der Waals surface area contributed by atoms with Crippen LogP contribution in [0.3, 0.4) is 0 Å². The van der Waals surface area contributed by atoms with Gasteiger partial charge in [-0.1, -0.05) is 0 Å². The van der Waals surface area contributed by atoms with Crippen LogP contribution in [0, 0.1) is 11.6 Å². The lowest BCUT2D eigenvalue weighted by Crippen LogP contribution is -2.29. The summed E-state index contributed by atoms with van der Waals surface area (Å²) in [6.45, 7) is 0. The molecular weight excluding hydrogens is 276 g/mol. The molecule has 0 aliphatic carbocycles. The average Bonchev–Trinajstić information content (AvgIpc) is 2.31. The predicted molar refractivity (Wildman–Crippen MR) is 67.3 cm³/mol. The number of hydrogen-bond acceptors (Lipinski definition) is 3. The van der Waals surface area contributed by atoms with Crippen molar-refractivity contribution in [1.29, 1.82) is 0 Å². The Morgan fingerprint density at radius 1 is 1.21 bits per heavy atom. The maximum absolute atomic E-state index is 13.3. The van der Waals surface area contributed by atoms with Gasteiger partial charge in [0.25, 0.3) is 0 Å². The number of benzene rings is 1. The number of nitrogens with zero attached hydrogens (tertiary/aromatic N) is 1. The van der Waals surface area contributed by atoms with Crippen LogP contribution >= 0.6 is 0 Å².